The number of hydrogen-bond donors (Lipinski definition) is 0. The van der Waals surface area contributed by atoms with Crippen LogP contribution in [0.5, 0.6) is 0 Å². The number of sulfonamides is 1. The molecule has 0 N–H and O–H groups in total. The summed E-state index contributed by atoms with van der Waals surface area (Å²) >= 11 is 0. The number of halogens is 2. The third-order valence-corrected chi connectivity index (χ3v) is 8.20. The van der Waals surface area contributed by atoms with Gasteiger partial charge >= 0.3 is 0 Å². The van der Waals surface area contributed by atoms with E-state index in [-0.39, 0.29) is 11.3 Å². The van der Waals surface area contributed by atoms with Gasteiger partial charge in [0.2, 0.25) is 15.9 Å². The van der Waals surface area contributed by atoms with Crippen molar-refractivity contribution in [3.8, 4) is 11.1 Å². The second kappa shape index (κ2) is 10.3. The molecule has 2 aromatic carbocycles. The Labute approximate surface area is 193 Å². The molecule has 0 bridgehead atoms. The fourth-order valence-corrected chi connectivity index (χ4v) is 6.27. The maximum absolute atomic E-state index is 14.2. The zero-order valence-corrected chi connectivity index (χ0v) is 19.7. The van der Waals surface area contributed by atoms with Crippen LogP contribution in [0.2, 0.25) is 0 Å². The Morgan fingerprint density at radius 1 is 1.06 bits per heavy atom. The highest BCUT2D eigenvalue weighted by atomic mass is 32.2. The highest BCUT2D eigenvalue weighted by Gasteiger charge is 2.37. The normalized spacial score (nSPS) is 17.2. The van der Waals surface area contributed by atoms with Gasteiger partial charge in [-0.3, -0.25) is 0 Å². The summed E-state index contributed by atoms with van der Waals surface area (Å²) in [6, 6.07) is 8.08. The van der Waals surface area contributed by atoms with Crippen LogP contribution in [0.3, 0.4) is 0 Å². The molecule has 1 aliphatic heterocycles. The maximum atomic E-state index is 14.2. The minimum absolute atomic E-state index is 0.143. The topological polar surface area (TPSA) is 63.4 Å². The molecule has 0 spiro atoms. The summed E-state index contributed by atoms with van der Waals surface area (Å²) in [6.45, 7) is 2.62. The third kappa shape index (κ3) is 5.44. The van der Waals surface area contributed by atoms with Crippen molar-refractivity contribution < 1.29 is 21.6 Å². The van der Waals surface area contributed by atoms with Gasteiger partial charge in [0.05, 0.1) is 5.75 Å². The summed E-state index contributed by atoms with van der Waals surface area (Å²) in [6.07, 6.45) is 7.56. The average molecular weight is 477 g/mol. The Morgan fingerprint density at radius 2 is 1.85 bits per heavy atom. The fraction of sp³-hybridized carbons (Fsp3) is 0.480. The first kappa shape index (κ1) is 23.8. The molecule has 1 atom stereocenters. The van der Waals surface area contributed by atoms with Crippen molar-refractivity contribution in [3.63, 3.8) is 0 Å². The number of aromatic nitrogens is 1. The molecule has 178 valence electrons. The number of hydrogen-bond acceptors (Lipinski definition) is 4. The van der Waals surface area contributed by atoms with E-state index in [1.165, 1.54) is 29.3 Å². The largest absolute Gasteiger partial charge is 0.439 e. The molecule has 1 unspecified atom stereocenters. The molecule has 8 heteroatoms. The van der Waals surface area contributed by atoms with Gasteiger partial charge < -0.3 is 4.42 Å². The summed E-state index contributed by atoms with van der Waals surface area (Å²) in [5.74, 6) is -0.778. The molecule has 4 rings (SSSR count). The molecule has 0 saturated carbocycles. The van der Waals surface area contributed by atoms with E-state index in [2.05, 4.69) is 11.9 Å². The van der Waals surface area contributed by atoms with Crippen LogP contribution in [-0.4, -0.2) is 30.0 Å². The monoisotopic (exact) mass is 476 g/mol. The standard InChI is InChI=1S/C25H30F2N2O3S/c1-2-3-4-5-6-7-15-33(30,31)29-14-8-9-23(29)25-28-22-16-18(10-13-24(22)32-25)20-12-11-19(26)17-21(20)27/h10-13,16-17,23H,2-9,14-15H2,1H3. The minimum Gasteiger partial charge on any atom is -0.439 e. The number of rotatable bonds is 10. The number of oxazole rings is 1. The van der Waals surface area contributed by atoms with Gasteiger partial charge in [-0.1, -0.05) is 45.1 Å². The van der Waals surface area contributed by atoms with E-state index in [1.54, 1.807) is 18.2 Å². The van der Waals surface area contributed by atoms with Crippen molar-refractivity contribution >= 4 is 21.1 Å². The second-order valence-corrected chi connectivity index (χ2v) is 10.8. The van der Waals surface area contributed by atoms with E-state index in [0.29, 0.717) is 41.9 Å². The van der Waals surface area contributed by atoms with Gasteiger partial charge in [0.25, 0.3) is 0 Å². The van der Waals surface area contributed by atoms with Crippen LogP contribution in [0.1, 0.15) is 70.2 Å². The van der Waals surface area contributed by atoms with Crippen molar-refractivity contribution in [2.45, 2.75) is 64.3 Å². The summed E-state index contributed by atoms with van der Waals surface area (Å²) in [7, 11) is -3.40. The Kier molecular flexibility index (Phi) is 7.44. The summed E-state index contributed by atoms with van der Waals surface area (Å²) in [5.41, 5.74) is 1.86. The van der Waals surface area contributed by atoms with Crippen molar-refractivity contribution in [1.82, 2.24) is 9.29 Å². The molecular weight excluding hydrogens is 446 g/mol. The van der Waals surface area contributed by atoms with Gasteiger partial charge in [0, 0.05) is 18.2 Å². The zero-order valence-electron chi connectivity index (χ0n) is 18.9. The summed E-state index contributed by atoms with van der Waals surface area (Å²) in [5, 5.41) is 0. The lowest BCUT2D eigenvalue weighted by atomic mass is 10.0. The SMILES string of the molecule is CCCCCCCCS(=O)(=O)N1CCCC1c1nc2cc(-c3ccc(F)cc3F)ccc2o1. The van der Waals surface area contributed by atoms with Crippen LogP contribution in [0.25, 0.3) is 22.2 Å². The Hall–Kier alpha value is -2.32. The van der Waals surface area contributed by atoms with Crippen LogP contribution in [0.15, 0.2) is 40.8 Å². The van der Waals surface area contributed by atoms with Gasteiger partial charge in [-0.15, -0.1) is 0 Å². The highest BCUT2D eigenvalue weighted by Crippen LogP contribution is 2.36. The van der Waals surface area contributed by atoms with E-state index in [1.807, 2.05) is 0 Å². The smallest absolute Gasteiger partial charge is 0.214 e. The number of nitrogens with zero attached hydrogens (tertiary/aromatic N) is 2. The van der Waals surface area contributed by atoms with Crippen molar-refractivity contribution in [2.24, 2.45) is 0 Å². The first-order valence-electron chi connectivity index (χ1n) is 11.7. The summed E-state index contributed by atoms with van der Waals surface area (Å²) < 4.78 is 60.9. The lowest BCUT2D eigenvalue weighted by Gasteiger charge is -2.21. The molecule has 0 aliphatic carbocycles. The number of benzene rings is 2. The average Bonchev–Trinajstić information content (AvgIpc) is 3.43. The molecule has 0 amide bonds. The fourth-order valence-electron chi connectivity index (χ4n) is 4.48. The first-order chi connectivity index (χ1) is 15.9. The third-order valence-electron chi connectivity index (χ3n) is 6.25. The lowest BCUT2D eigenvalue weighted by molar-refractivity contribution is 0.336. The second-order valence-electron chi connectivity index (χ2n) is 8.71. The van der Waals surface area contributed by atoms with Gasteiger partial charge in [-0.05, 0) is 49.1 Å². The first-order valence-corrected chi connectivity index (χ1v) is 13.4. The molecule has 1 saturated heterocycles. The highest BCUT2D eigenvalue weighted by molar-refractivity contribution is 7.89. The lowest BCUT2D eigenvalue weighted by Crippen LogP contribution is -2.32. The Morgan fingerprint density at radius 3 is 2.64 bits per heavy atom. The van der Waals surface area contributed by atoms with E-state index >= 15 is 0 Å². The van der Waals surface area contributed by atoms with Crippen LogP contribution in [-0.2, 0) is 10.0 Å². The molecule has 2 heterocycles. The van der Waals surface area contributed by atoms with Gasteiger partial charge in [0.1, 0.15) is 23.2 Å². The maximum Gasteiger partial charge on any atom is 0.214 e. The number of fused-ring (bicyclic) bond motifs is 1. The molecule has 3 aromatic rings. The zero-order chi connectivity index (χ0) is 23.4. The van der Waals surface area contributed by atoms with Crippen molar-refractivity contribution in [1.29, 1.82) is 0 Å². The predicted octanol–water partition coefficient (Wildman–Crippen LogP) is 6.60. The molecular formula is C25H30F2N2O3S. The molecule has 1 aliphatic rings. The quantitative estimate of drug-likeness (QED) is 0.309. The van der Waals surface area contributed by atoms with Crippen LogP contribution in [0.4, 0.5) is 8.78 Å². The summed E-state index contributed by atoms with van der Waals surface area (Å²) in [4.78, 5) is 4.55. The predicted molar refractivity (Wildman–Crippen MR) is 125 cm³/mol. The van der Waals surface area contributed by atoms with E-state index in [4.69, 9.17) is 4.42 Å². The molecule has 0 radical (unpaired) electrons. The van der Waals surface area contributed by atoms with Gasteiger partial charge in [-0.2, -0.15) is 4.31 Å². The Balaban J connectivity index is 1.50. The molecule has 1 fully saturated rings. The van der Waals surface area contributed by atoms with E-state index in [0.717, 1.165) is 31.7 Å². The van der Waals surface area contributed by atoms with Crippen LogP contribution >= 0.6 is 0 Å². The number of unbranched alkanes of at least 4 members (excludes halogenated alkanes) is 5. The molecule has 5 nitrogen and oxygen atoms in total. The minimum atomic E-state index is -3.40. The van der Waals surface area contributed by atoms with Crippen molar-refractivity contribution in [3.05, 3.63) is 53.9 Å². The van der Waals surface area contributed by atoms with Crippen molar-refractivity contribution in [2.75, 3.05) is 12.3 Å². The van der Waals surface area contributed by atoms with Crippen LogP contribution in [0, 0.1) is 11.6 Å². The van der Waals surface area contributed by atoms with E-state index in [9.17, 15) is 17.2 Å². The Bertz CT molecular complexity index is 1210. The molecule has 1 aromatic heterocycles. The van der Waals surface area contributed by atoms with Crippen LogP contribution < -0.4 is 0 Å². The van der Waals surface area contributed by atoms with Gasteiger partial charge in [0.15, 0.2) is 5.58 Å². The van der Waals surface area contributed by atoms with Gasteiger partial charge in [-0.25, -0.2) is 22.2 Å². The molecule has 33 heavy (non-hydrogen) atoms. The van der Waals surface area contributed by atoms with E-state index < -0.39 is 27.7 Å².